The van der Waals surface area contributed by atoms with Crippen molar-refractivity contribution in [1.29, 1.82) is 0 Å². The van der Waals surface area contributed by atoms with Gasteiger partial charge in [0.1, 0.15) is 9.71 Å². The number of carbonyl (C=O) groups excluding carboxylic acids is 1. The van der Waals surface area contributed by atoms with Gasteiger partial charge in [-0.05, 0) is 37.8 Å². The van der Waals surface area contributed by atoms with E-state index in [0.29, 0.717) is 23.0 Å². The highest BCUT2D eigenvalue weighted by atomic mass is 32.1. The highest BCUT2D eigenvalue weighted by Crippen LogP contribution is 2.32. The van der Waals surface area contributed by atoms with Crippen LogP contribution < -0.4 is 11.1 Å². The van der Waals surface area contributed by atoms with Gasteiger partial charge in [0.2, 0.25) is 0 Å². The zero-order valence-electron chi connectivity index (χ0n) is 12.2. The predicted molar refractivity (Wildman–Crippen MR) is 85.2 cm³/mol. The predicted octanol–water partition coefficient (Wildman–Crippen LogP) is 3.35. The average Bonchev–Trinajstić information content (AvgIpc) is 2.71. The summed E-state index contributed by atoms with van der Waals surface area (Å²) in [5, 5.41) is 3.80. The number of hydrogen-bond acceptors (Lipinski definition) is 4. The molecule has 0 radical (unpaired) electrons. The number of anilines is 1. The Kier molecular flexibility index (Phi) is 4.60. The molecule has 0 saturated carbocycles. The molecule has 0 spiro atoms. The Labute approximate surface area is 123 Å². The number of fused-ring (bicyclic) bond motifs is 1. The number of nitrogens with zero attached hydrogens (tertiary/aromatic N) is 1. The molecule has 0 unspecified atom stereocenters. The number of nitrogens with two attached hydrogens (primary N) is 1. The molecule has 20 heavy (non-hydrogen) atoms. The van der Waals surface area contributed by atoms with E-state index in [-0.39, 0.29) is 5.91 Å². The first-order valence-electron chi connectivity index (χ1n) is 6.93. The number of aromatic nitrogens is 1. The summed E-state index contributed by atoms with van der Waals surface area (Å²) in [6, 6.07) is 3.84. The van der Waals surface area contributed by atoms with Gasteiger partial charge in [-0.1, -0.05) is 13.8 Å². The summed E-state index contributed by atoms with van der Waals surface area (Å²) in [6.07, 6.45) is 2.11. The Balaban J connectivity index is 2.08. The molecule has 2 aromatic heterocycles. The molecule has 2 aromatic rings. The number of carbonyl (C=O) groups is 1. The number of rotatable bonds is 5. The molecular weight excluding hydrogens is 270 g/mol. The lowest BCUT2D eigenvalue weighted by molar-refractivity contribution is 0.0957. The second-order valence-corrected chi connectivity index (χ2v) is 6.44. The fraction of sp³-hybridized carbons (Fsp3) is 0.467. The van der Waals surface area contributed by atoms with Crippen LogP contribution in [0.5, 0.6) is 0 Å². The molecule has 0 bridgehead atoms. The fourth-order valence-electron chi connectivity index (χ4n) is 2.05. The van der Waals surface area contributed by atoms with Gasteiger partial charge in [-0.15, -0.1) is 11.3 Å². The first kappa shape index (κ1) is 14.8. The number of pyridine rings is 1. The first-order chi connectivity index (χ1) is 9.49. The minimum Gasteiger partial charge on any atom is -0.397 e. The minimum atomic E-state index is -0.0908. The largest absolute Gasteiger partial charge is 0.397 e. The van der Waals surface area contributed by atoms with E-state index in [2.05, 4.69) is 24.1 Å². The topological polar surface area (TPSA) is 68.0 Å². The zero-order chi connectivity index (χ0) is 14.7. The number of hydrogen-bond donors (Lipinski definition) is 2. The molecule has 108 valence electrons. The van der Waals surface area contributed by atoms with Crippen LogP contribution in [0.1, 0.15) is 42.1 Å². The Morgan fingerprint density at radius 3 is 2.90 bits per heavy atom. The number of amides is 1. The summed E-state index contributed by atoms with van der Waals surface area (Å²) in [6.45, 7) is 6.98. The summed E-state index contributed by atoms with van der Waals surface area (Å²) in [7, 11) is 0. The molecule has 5 heteroatoms. The van der Waals surface area contributed by atoms with Crippen LogP contribution in [0.3, 0.4) is 0 Å². The van der Waals surface area contributed by atoms with Crippen molar-refractivity contribution in [3.8, 4) is 0 Å². The lowest BCUT2D eigenvalue weighted by Gasteiger charge is -2.06. The van der Waals surface area contributed by atoms with Gasteiger partial charge in [0.05, 0.1) is 5.69 Å². The third kappa shape index (κ3) is 3.28. The van der Waals surface area contributed by atoms with E-state index in [0.717, 1.165) is 28.8 Å². The van der Waals surface area contributed by atoms with Crippen LogP contribution in [-0.4, -0.2) is 17.4 Å². The molecule has 0 aromatic carbocycles. The SMILES string of the molecule is Cc1ccc2c(N)c(C(=O)NCCCC(C)C)sc2n1. The number of nitrogens with one attached hydrogen (secondary N) is 1. The number of nitrogen functional groups attached to an aromatic ring is 1. The van der Waals surface area contributed by atoms with Crippen molar-refractivity contribution < 1.29 is 4.79 Å². The van der Waals surface area contributed by atoms with E-state index in [9.17, 15) is 4.79 Å². The Morgan fingerprint density at radius 2 is 2.20 bits per heavy atom. The van der Waals surface area contributed by atoms with Crippen LogP contribution in [0.25, 0.3) is 10.2 Å². The van der Waals surface area contributed by atoms with Crippen LogP contribution in [-0.2, 0) is 0 Å². The van der Waals surface area contributed by atoms with Gasteiger partial charge in [0.25, 0.3) is 5.91 Å². The third-order valence-corrected chi connectivity index (χ3v) is 4.30. The maximum absolute atomic E-state index is 12.2. The summed E-state index contributed by atoms with van der Waals surface area (Å²) >= 11 is 1.36. The van der Waals surface area contributed by atoms with E-state index in [4.69, 9.17) is 5.73 Å². The van der Waals surface area contributed by atoms with E-state index in [1.807, 2.05) is 19.1 Å². The summed E-state index contributed by atoms with van der Waals surface area (Å²) < 4.78 is 0. The van der Waals surface area contributed by atoms with Crippen LogP contribution in [0, 0.1) is 12.8 Å². The second kappa shape index (κ2) is 6.22. The summed E-state index contributed by atoms with van der Waals surface area (Å²) in [5.74, 6) is 0.570. The summed E-state index contributed by atoms with van der Waals surface area (Å²) in [5.41, 5.74) is 7.53. The molecule has 0 atom stereocenters. The van der Waals surface area contributed by atoms with Gasteiger partial charge < -0.3 is 11.1 Å². The van der Waals surface area contributed by atoms with Crippen molar-refractivity contribution in [2.75, 3.05) is 12.3 Å². The molecule has 2 rings (SSSR count). The average molecular weight is 291 g/mol. The quantitative estimate of drug-likeness (QED) is 0.830. The number of thiophene rings is 1. The van der Waals surface area contributed by atoms with Gasteiger partial charge in [0, 0.05) is 17.6 Å². The van der Waals surface area contributed by atoms with Crippen LogP contribution in [0.15, 0.2) is 12.1 Å². The molecule has 0 aliphatic carbocycles. The molecule has 1 amide bonds. The monoisotopic (exact) mass is 291 g/mol. The Morgan fingerprint density at radius 1 is 1.45 bits per heavy atom. The molecule has 0 fully saturated rings. The van der Waals surface area contributed by atoms with Crippen LogP contribution in [0.2, 0.25) is 0 Å². The van der Waals surface area contributed by atoms with Crippen molar-refractivity contribution >= 4 is 33.1 Å². The van der Waals surface area contributed by atoms with E-state index >= 15 is 0 Å². The molecule has 0 aliphatic heterocycles. The van der Waals surface area contributed by atoms with Crippen LogP contribution >= 0.6 is 11.3 Å². The Hall–Kier alpha value is -1.62. The highest BCUT2D eigenvalue weighted by molar-refractivity contribution is 7.21. The lowest BCUT2D eigenvalue weighted by Crippen LogP contribution is -2.24. The van der Waals surface area contributed by atoms with E-state index in [1.165, 1.54) is 11.3 Å². The van der Waals surface area contributed by atoms with E-state index in [1.54, 1.807) is 0 Å². The van der Waals surface area contributed by atoms with E-state index < -0.39 is 0 Å². The van der Waals surface area contributed by atoms with Crippen molar-refractivity contribution in [1.82, 2.24) is 10.3 Å². The summed E-state index contributed by atoms with van der Waals surface area (Å²) in [4.78, 5) is 18.0. The smallest absolute Gasteiger partial charge is 0.263 e. The lowest BCUT2D eigenvalue weighted by atomic mass is 10.1. The van der Waals surface area contributed by atoms with Gasteiger partial charge >= 0.3 is 0 Å². The normalized spacial score (nSPS) is 11.2. The minimum absolute atomic E-state index is 0.0908. The zero-order valence-corrected chi connectivity index (χ0v) is 13.0. The molecular formula is C15H21N3OS. The van der Waals surface area contributed by atoms with Crippen LogP contribution in [0.4, 0.5) is 5.69 Å². The molecule has 4 nitrogen and oxygen atoms in total. The van der Waals surface area contributed by atoms with Gasteiger partial charge in [-0.25, -0.2) is 4.98 Å². The standard InChI is InChI=1S/C15H21N3OS/c1-9(2)5-4-8-17-14(19)13-12(16)11-7-6-10(3)18-15(11)20-13/h6-7,9H,4-5,8,16H2,1-3H3,(H,17,19). The van der Waals surface area contributed by atoms with Gasteiger partial charge in [0.15, 0.2) is 0 Å². The Bertz CT molecular complexity index is 619. The second-order valence-electron chi connectivity index (χ2n) is 5.44. The van der Waals surface area contributed by atoms with Gasteiger partial charge in [-0.2, -0.15) is 0 Å². The fourth-order valence-corrected chi connectivity index (χ4v) is 3.11. The molecule has 0 aliphatic rings. The number of aryl methyl sites for hydroxylation is 1. The van der Waals surface area contributed by atoms with Crippen molar-refractivity contribution in [3.63, 3.8) is 0 Å². The van der Waals surface area contributed by atoms with Crippen molar-refractivity contribution in [2.24, 2.45) is 5.92 Å². The maximum atomic E-state index is 12.2. The van der Waals surface area contributed by atoms with Crippen molar-refractivity contribution in [3.05, 3.63) is 22.7 Å². The highest BCUT2D eigenvalue weighted by Gasteiger charge is 2.16. The molecule has 0 saturated heterocycles. The first-order valence-corrected chi connectivity index (χ1v) is 7.74. The molecule has 2 heterocycles. The maximum Gasteiger partial charge on any atom is 0.263 e. The van der Waals surface area contributed by atoms with Crippen molar-refractivity contribution in [2.45, 2.75) is 33.6 Å². The third-order valence-electron chi connectivity index (χ3n) is 3.18. The van der Waals surface area contributed by atoms with Gasteiger partial charge in [-0.3, -0.25) is 4.79 Å². The molecule has 3 N–H and O–H groups in total.